The van der Waals surface area contributed by atoms with Gasteiger partial charge in [0.05, 0.1) is 13.7 Å². The topological polar surface area (TPSA) is 69.7 Å². The molecule has 1 amide bonds. The van der Waals surface area contributed by atoms with E-state index in [0.29, 0.717) is 35.4 Å². The molecule has 6 nitrogen and oxygen atoms in total. The molecule has 0 saturated carbocycles. The maximum absolute atomic E-state index is 12.1. The van der Waals surface area contributed by atoms with E-state index in [0.717, 1.165) is 11.5 Å². The summed E-state index contributed by atoms with van der Waals surface area (Å²) in [7, 11) is 3.14. The van der Waals surface area contributed by atoms with E-state index in [-0.39, 0.29) is 5.91 Å². The van der Waals surface area contributed by atoms with E-state index in [2.05, 4.69) is 9.69 Å². The van der Waals surface area contributed by atoms with Gasteiger partial charge in [-0.2, -0.15) is 4.37 Å². The molecule has 21 heavy (non-hydrogen) atoms. The summed E-state index contributed by atoms with van der Waals surface area (Å²) >= 11 is 1.16. The van der Waals surface area contributed by atoms with E-state index in [9.17, 15) is 4.79 Å². The molecule has 0 radical (unpaired) electrons. The zero-order chi connectivity index (χ0) is 15.1. The Balaban J connectivity index is 1.99. The number of carbonyl (C=O) groups is 1. The van der Waals surface area contributed by atoms with E-state index in [1.165, 1.54) is 7.11 Å². The van der Waals surface area contributed by atoms with Crippen molar-refractivity contribution in [3.8, 4) is 11.6 Å². The van der Waals surface area contributed by atoms with Crippen LogP contribution in [0.25, 0.3) is 0 Å². The Morgan fingerprint density at radius 2 is 2.14 bits per heavy atom. The van der Waals surface area contributed by atoms with Gasteiger partial charge in [0, 0.05) is 18.7 Å². The summed E-state index contributed by atoms with van der Waals surface area (Å²) in [5, 5.41) is 3.39. The van der Waals surface area contributed by atoms with Gasteiger partial charge in [-0.1, -0.05) is 6.07 Å². The second-order valence-corrected chi connectivity index (χ2v) is 4.86. The highest BCUT2D eigenvalue weighted by Crippen LogP contribution is 2.22. The smallest absolute Gasteiger partial charge is 0.256 e. The Morgan fingerprint density at radius 3 is 2.86 bits per heavy atom. The first-order valence-electron chi connectivity index (χ1n) is 6.27. The molecule has 7 heteroatoms. The number of rotatable bonds is 7. The lowest BCUT2D eigenvalue weighted by atomic mass is 10.2. The number of carbonyl (C=O) groups excluding carboxylic acids is 1. The Kier molecular flexibility index (Phi) is 5.53. The van der Waals surface area contributed by atoms with E-state index >= 15 is 0 Å². The van der Waals surface area contributed by atoms with Crippen molar-refractivity contribution in [1.82, 2.24) is 4.37 Å². The van der Waals surface area contributed by atoms with Crippen molar-refractivity contribution in [2.24, 2.45) is 0 Å². The largest absolute Gasteiger partial charge is 0.491 e. The first-order valence-corrected chi connectivity index (χ1v) is 7.04. The quantitative estimate of drug-likeness (QED) is 0.796. The van der Waals surface area contributed by atoms with Gasteiger partial charge in [-0.15, -0.1) is 0 Å². The highest BCUT2D eigenvalue weighted by atomic mass is 32.1. The number of benzene rings is 1. The number of nitrogens with one attached hydrogen (secondary N) is 1. The van der Waals surface area contributed by atoms with Crippen LogP contribution in [0.5, 0.6) is 11.6 Å². The third-order valence-corrected chi connectivity index (χ3v) is 3.27. The molecule has 0 saturated heterocycles. The van der Waals surface area contributed by atoms with Crippen LogP contribution in [0.1, 0.15) is 10.4 Å². The van der Waals surface area contributed by atoms with Crippen LogP contribution in [-0.4, -0.2) is 37.7 Å². The normalized spacial score (nSPS) is 10.2. The summed E-state index contributed by atoms with van der Waals surface area (Å²) in [4.78, 5) is 12.1. The zero-order valence-corrected chi connectivity index (χ0v) is 12.6. The number of amides is 1. The fourth-order valence-electron chi connectivity index (χ4n) is 1.57. The number of nitrogens with zero attached hydrogens (tertiary/aromatic N) is 1. The van der Waals surface area contributed by atoms with Crippen molar-refractivity contribution in [2.45, 2.75) is 0 Å². The Labute approximate surface area is 126 Å². The molecule has 1 N–H and O–H groups in total. The number of aromatic nitrogens is 1. The minimum Gasteiger partial charge on any atom is -0.491 e. The van der Waals surface area contributed by atoms with Crippen molar-refractivity contribution in [3.05, 3.63) is 35.9 Å². The number of hydrogen-bond donors (Lipinski definition) is 1. The van der Waals surface area contributed by atoms with Crippen molar-refractivity contribution in [2.75, 3.05) is 32.8 Å². The lowest BCUT2D eigenvalue weighted by Crippen LogP contribution is -2.11. The molecule has 2 aromatic rings. The minimum atomic E-state index is -0.224. The molecule has 1 heterocycles. The Morgan fingerprint density at radius 1 is 1.29 bits per heavy atom. The van der Waals surface area contributed by atoms with Gasteiger partial charge < -0.3 is 19.5 Å². The molecular weight excluding hydrogens is 292 g/mol. The van der Waals surface area contributed by atoms with Crippen molar-refractivity contribution < 1.29 is 19.0 Å². The molecule has 112 valence electrons. The summed E-state index contributed by atoms with van der Waals surface area (Å²) in [6.07, 6.45) is 0. The summed E-state index contributed by atoms with van der Waals surface area (Å²) < 4.78 is 19.4. The van der Waals surface area contributed by atoms with Crippen LogP contribution in [0, 0.1) is 0 Å². The molecule has 1 aromatic heterocycles. The van der Waals surface area contributed by atoms with Crippen LogP contribution in [0.4, 0.5) is 5.00 Å². The maximum atomic E-state index is 12.1. The highest BCUT2D eigenvalue weighted by molar-refractivity contribution is 7.10. The monoisotopic (exact) mass is 308 g/mol. The second kappa shape index (κ2) is 7.61. The number of methoxy groups -OCH3 is 2. The number of anilines is 1. The molecule has 0 aliphatic rings. The van der Waals surface area contributed by atoms with Gasteiger partial charge in [-0.3, -0.25) is 4.79 Å². The van der Waals surface area contributed by atoms with Gasteiger partial charge in [0.1, 0.15) is 17.4 Å². The molecule has 0 spiro atoms. The number of ether oxygens (including phenoxy) is 3. The minimum absolute atomic E-state index is 0.224. The highest BCUT2D eigenvalue weighted by Gasteiger charge is 2.10. The Hall–Kier alpha value is -2.12. The molecule has 1 aromatic carbocycles. The van der Waals surface area contributed by atoms with E-state index in [4.69, 9.17) is 14.2 Å². The summed E-state index contributed by atoms with van der Waals surface area (Å²) in [5.74, 6) is 0.882. The molecule has 0 unspecified atom stereocenters. The standard InChI is InChI=1S/C14H16N2O4S/c1-18-6-7-20-11-5-3-4-10(8-11)14(17)15-13-9-12(19-2)16-21-13/h3-5,8-9H,6-7H2,1-2H3,(H,15,17). The Bertz CT molecular complexity index is 600. The number of hydrogen-bond acceptors (Lipinski definition) is 6. The fraction of sp³-hybridized carbons (Fsp3) is 0.286. The lowest BCUT2D eigenvalue weighted by molar-refractivity contribution is 0.102. The molecule has 0 fully saturated rings. The third kappa shape index (κ3) is 4.44. The van der Waals surface area contributed by atoms with Crippen LogP contribution in [-0.2, 0) is 4.74 Å². The third-order valence-electron chi connectivity index (χ3n) is 2.59. The average Bonchev–Trinajstić information content (AvgIpc) is 2.95. The summed E-state index contributed by atoms with van der Waals surface area (Å²) in [6, 6.07) is 8.63. The zero-order valence-electron chi connectivity index (χ0n) is 11.8. The lowest BCUT2D eigenvalue weighted by Gasteiger charge is -2.07. The molecule has 0 aliphatic heterocycles. The fourth-order valence-corrected chi connectivity index (χ4v) is 2.18. The molecule has 2 rings (SSSR count). The average molecular weight is 308 g/mol. The van der Waals surface area contributed by atoms with Crippen LogP contribution in [0.3, 0.4) is 0 Å². The first-order chi connectivity index (χ1) is 10.2. The van der Waals surface area contributed by atoms with Crippen LogP contribution < -0.4 is 14.8 Å². The van der Waals surface area contributed by atoms with Crippen LogP contribution in [0.15, 0.2) is 30.3 Å². The predicted octanol–water partition coefficient (Wildman–Crippen LogP) is 2.43. The molecule has 0 aliphatic carbocycles. The van der Waals surface area contributed by atoms with Crippen molar-refractivity contribution >= 4 is 22.4 Å². The van der Waals surface area contributed by atoms with Crippen molar-refractivity contribution in [3.63, 3.8) is 0 Å². The van der Waals surface area contributed by atoms with E-state index in [1.807, 2.05) is 0 Å². The summed E-state index contributed by atoms with van der Waals surface area (Å²) in [6.45, 7) is 0.935. The van der Waals surface area contributed by atoms with E-state index in [1.54, 1.807) is 37.4 Å². The molecular formula is C14H16N2O4S. The SMILES string of the molecule is COCCOc1cccc(C(=O)Nc2cc(OC)ns2)c1. The van der Waals surface area contributed by atoms with Gasteiger partial charge in [-0.05, 0) is 29.7 Å². The van der Waals surface area contributed by atoms with Gasteiger partial charge >= 0.3 is 0 Å². The summed E-state index contributed by atoms with van der Waals surface area (Å²) in [5.41, 5.74) is 0.511. The van der Waals surface area contributed by atoms with Gasteiger partial charge in [0.25, 0.3) is 5.91 Å². The molecule has 0 atom stereocenters. The van der Waals surface area contributed by atoms with Crippen molar-refractivity contribution in [1.29, 1.82) is 0 Å². The first kappa shape index (κ1) is 15.3. The molecule has 0 bridgehead atoms. The van der Waals surface area contributed by atoms with Gasteiger partial charge in [-0.25, -0.2) is 0 Å². The van der Waals surface area contributed by atoms with Gasteiger partial charge in [0.15, 0.2) is 0 Å². The maximum Gasteiger partial charge on any atom is 0.256 e. The predicted molar refractivity (Wildman–Crippen MR) is 80.4 cm³/mol. The second-order valence-electron chi connectivity index (χ2n) is 4.06. The van der Waals surface area contributed by atoms with Gasteiger partial charge in [0.2, 0.25) is 5.88 Å². The van der Waals surface area contributed by atoms with Crippen LogP contribution in [0.2, 0.25) is 0 Å². The van der Waals surface area contributed by atoms with Crippen LogP contribution >= 0.6 is 11.5 Å². The van der Waals surface area contributed by atoms with E-state index < -0.39 is 0 Å².